The number of nitro groups is 1. The number of nitrogen functional groups attached to an aromatic ring is 1. The second kappa shape index (κ2) is 4.75. The van der Waals surface area contributed by atoms with Crippen molar-refractivity contribution in [1.29, 1.82) is 0 Å². The molecule has 0 radical (unpaired) electrons. The highest BCUT2D eigenvalue weighted by Gasteiger charge is 2.13. The minimum absolute atomic E-state index is 0.00417. The number of nitrogens with two attached hydrogens (primary N) is 1. The van der Waals surface area contributed by atoms with Gasteiger partial charge in [0.2, 0.25) is 0 Å². The van der Waals surface area contributed by atoms with Crippen molar-refractivity contribution >= 4 is 11.4 Å². The second-order valence-electron chi connectivity index (χ2n) is 4.56. The van der Waals surface area contributed by atoms with E-state index < -0.39 is 4.92 Å². The molecule has 3 rings (SSSR count). The van der Waals surface area contributed by atoms with Crippen molar-refractivity contribution in [2.75, 3.05) is 5.73 Å². The molecule has 0 aliphatic heterocycles. The standard InChI is InChI=1S/C13H12N6O2/c1-17-7-9(6-15-17)13-12(14)8-18(16-13)10-3-2-4-11(5-10)19(20)21/h2-8H,14H2,1H3. The molecule has 0 unspecified atom stereocenters. The van der Waals surface area contributed by atoms with Crippen molar-refractivity contribution in [2.45, 2.75) is 0 Å². The monoisotopic (exact) mass is 284 g/mol. The number of nitrogens with zero attached hydrogens (tertiary/aromatic N) is 5. The lowest BCUT2D eigenvalue weighted by Crippen LogP contribution is -1.96. The van der Waals surface area contributed by atoms with Crippen molar-refractivity contribution in [3.8, 4) is 16.9 Å². The van der Waals surface area contributed by atoms with Crippen molar-refractivity contribution < 1.29 is 4.92 Å². The van der Waals surface area contributed by atoms with E-state index in [-0.39, 0.29) is 5.69 Å². The first-order valence-corrected chi connectivity index (χ1v) is 6.13. The maximum absolute atomic E-state index is 10.8. The lowest BCUT2D eigenvalue weighted by atomic mass is 10.2. The summed E-state index contributed by atoms with van der Waals surface area (Å²) in [5, 5.41) is 19.3. The number of non-ortho nitro benzene ring substituents is 1. The van der Waals surface area contributed by atoms with E-state index in [1.165, 1.54) is 16.8 Å². The predicted octanol–water partition coefficient (Wildman–Crippen LogP) is 1.76. The Morgan fingerprint density at radius 2 is 2.14 bits per heavy atom. The summed E-state index contributed by atoms with van der Waals surface area (Å²) in [6.07, 6.45) is 5.09. The molecule has 3 aromatic rings. The molecule has 0 aliphatic carbocycles. The smallest absolute Gasteiger partial charge is 0.271 e. The average Bonchev–Trinajstić information content (AvgIpc) is 3.05. The van der Waals surface area contributed by atoms with Gasteiger partial charge in [0.05, 0.1) is 28.7 Å². The van der Waals surface area contributed by atoms with Gasteiger partial charge in [-0.3, -0.25) is 14.8 Å². The van der Waals surface area contributed by atoms with Gasteiger partial charge in [-0.05, 0) is 6.07 Å². The zero-order chi connectivity index (χ0) is 15.0. The number of anilines is 1. The van der Waals surface area contributed by atoms with Crippen molar-refractivity contribution in [1.82, 2.24) is 19.6 Å². The molecule has 2 heterocycles. The van der Waals surface area contributed by atoms with Gasteiger partial charge in [-0.1, -0.05) is 6.07 Å². The summed E-state index contributed by atoms with van der Waals surface area (Å²) in [4.78, 5) is 10.4. The van der Waals surface area contributed by atoms with E-state index in [0.29, 0.717) is 17.1 Å². The van der Waals surface area contributed by atoms with Gasteiger partial charge in [0.1, 0.15) is 5.69 Å². The molecule has 2 aromatic heterocycles. The number of aromatic nitrogens is 4. The maximum atomic E-state index is 10.8. The van der Waals surface area contributed by atoms with E-state index in [0.717, 1.165) is 5.56 Å². The van der Waals surface area contributed by atoms with Crippen molar-refractivity contribution in [2.24, 2.45) is 7.05 Å². The molecule has 8 nitrogen and oxygen atoms in total. The molecular weight excluding hydrogens is 272 g/mol. The van der Waals surface area contributed by atoms with Crippen LogP contribution in [0.4, 0.5) is 11.4 Å². The fourth-order valence-corrected chi connectivity index (χ4v) is 2.04. The molecule has 1 aromatic carbocycles. The van der Waals surface area contributed by atoms with Crippen molar-refractivity contribution in [3.63, 3.8) is 0 Å². The van der Waals surface area contributed by atoms with Gasteiger partial charge in [0.25, 0.3) is 5.69 Å². The molecule has 0 bridgehead atoms. The van der Waals surface area contributed by atoms with Gasteiger partial charge < -0.3 is 5.73 Å². The largest absolute Gasteiger partial charge is 0.396 e. The molecule has 0 spiro atoms. The van der Waals surface area contributed by atoms with Gasteiger partial charge >= 0.3 is 0 Å². The minimum Gasteiger partial charge on any atom is -0.396 e. The summed E-state index contributed by atoms with van der Waals surface area (Å²) < 4.78 is 3.17. The van der Waals surface area contributed by atoms with Crippen LogP contribution in [0.15, 0.2) is 42.9 Å². The van der Waals surface area contributed by atoms with Crippen LogP contribution in [0.25, 0.3) is 16.9 Å². The molecule has 106 valence electrons. The Kier molecular flexibility index (Phi) is 2.90. The first-order chi connectivity index (χ1) is 10.0. The summed E-state index contributed by atoms with van der Waals surface area (Å²) in [7, 11) is 1.80. The SMILES string of the molecule is Cn1cc(-c2nn(-c3cccc([N+](=O)[O-])c3)cc2N)cn1. The molecule has 0 saturated heterocycles. The number of hydrogen-bond acceptors (Lipinski definition) is 5. The van der Waals surface area contributed by atoms with Gasteiger partial charge in [0, 0.05) is 30.9 Å². The average molecular weight is 284 g/mol. The van der Waals surface area contributed by atoms with E-state index in [4.69, 9.17) is 5.73 Å². The van der Waals surface area contributed by atoms with Crippen LogP contribution < -0.4 is 5.73 Å². The fourth-order valence-electron chi connectivity index (χ4n) is 2.04. The Labute approximate surface area is 119 Å². The number of nitro benzene ring substituents is 1. The van der Waals surface area contributed by atoms with Crippen molar-refractivity contribution in [3.05, 3.63) is 53.0 Å². The summed E-state index contributed by atoms with van der Waals surface area (Å²) in [5.41, 5.74) is 8.41. The summed E-state index contributed by atoms with van der Waals surface area (Å²) >= 11 is 0. The normalized spacial score (nSPS) is 10.7. The zero-order valence-electron chi connectivity index (χ0n) is 11.2. The van der Waals surface area contributed by atoms with Crippen LogP contribution in [0.2, 0.25) is 0 Å². The zero-order valence-corrected chi connectivity index (χ0v) is 11.2. The Hall–Kier alpha value is -3.16. The van der Waals surface area contributed by atoms with E-state index in [1.54, 1.807) is 42.5 Å². The van der Waals surface area contributed by atoms with E-state index >= 15 is 0 Å². The molecule has 2 N–H and O–H groups in total. The van der Waals surface area contributed by atoms with E-state index in [2.05, 4.69) is 10.2 Å². The van der Waals surface area contributed by atoms with Gasteiger partial charge in [-0.25, -0.2) is 4.68 Å². The highest BCUT2D eigenvalue weighted by molar-refractivity contribution is 5.71. The quantitative estimate of drug-likeness (QED) is 0.582. The Bertz CT molecular complexity index is 820. The third-order valence-corrected chi connectivity index (χ3v) is 3.03. The van der Waals surface area contributed by atoms with Crippen LogP contribution in [-0.2, 0) is 7.05 Å². The number of hydrogen-bond donors (Lipinski definition) is 1. The van der Waals surface area contributed by atoms with Crippen LogP contribution in [0, 0.1) is 10.1 Å². The van der Waals surface area contributed by atoms with Gasteiger partial charge in [-0.15, -0.1) is 0 Å². The van der Waals surface area contributed by atoms with Crippen LogP contribution in [0.5, 0.6) is 0 Å². The lowest BCUT2D eigenvalue weighted by molar-refractivity contribution is -0.384. The number of benzene rings is 1. The lowest BCUT2D eigenvalue weighted by Gasteiger charge is -2.00. The van der Waals surface area contributed by atoms with Crippen LogP contribution in [0.1, 0.15) is 0 Å². The first-order valence-electron chi connectivity index (χ1n) is 6.13. The summed E-state index contributed by atoms with van der Waals surface area (Å²) in [5.74, 6) is 0. The maximum Gasteiger partial charge on any atom is 0.271 e. The minimum atomic E-state index is -0.446. The molecule has 0 saturated carbocycles. The van der Waals surface area contributed by atoms with Gasteiger partial charge in [0.15, 0.2) is 0 Å². The summed E-state index contributed by atoms with van der Waals surface area (Å²) in [6.45, 7) is 0. The Morgan fingerprint density at radius 1 is 1.33 bits per heavy atom. The van der Waals surface area contributed by atoms with Gasteiger partial charge in [-0.2, -0.15) is 10.2 Å². The molecule has 0 aliphatic rings. The molecule has 0 atom stereocenters. The predicted molar refractivity (Wildman–Crippen MR) is 76.8 cm³/mol. The second-order valence-corrected chi connectivity index (χ2v) is 4.56. The van der Waals surface area contributed by atoms with E-state index in [9.17, 15) is 10.1 Å². The Balaban J connectivity index is 2.05. The van der Waals surface area contributed by atoms with E-state index in [1.807, 2.05) is 0 Å². The van der Waals surface area contributed by atoms with Crippen LogP contribution in [-0.4, -0.2) is 24.5 Å². The third-order valence-electron chi connectivity index (χ3n) is 3.03. The first kappa shape index (κ1) is 12.9. The highest BCUT2D eigenvalue weighted by Crippen LogP contribution is 2.25. The molecular formula is C13H12N6O2. The summed E-state index contributed by atoms with van der Waals surface area (Å²) in [6, 6.07) is 6.21. The third kappa shape index (κ3) is 2.34. The Morgan fingerprint density at radius 3 is 2.81 bits per heavy atom. The number of rotatable bonds is 3. The van der Waals surface area contributed by atoms with Crippen LogP contribution in [0.3, 0.4) is 0 Å². The molecule has 0 fully saturated rings. The van der Waals surface area contributed by atoms with Crippen LogP contribution >= 0.6 is 0 Å². The fraction of sp³-hybridized carbons (Fsp3) is 0.0769. The molecule has 21 heavy (non-hydrogen) atoms. The molecule has 8 heteroatoms. The highest BCUT2D eigenvalue weighted by atomic mass is 16.6. The number of aryl methyl sites for hydroxylation is 1. The molecule has 0 amide bonds. The topological polar surface area (TPSA) is 105 Å².